The van der Waals surface area contributed by atoms with Crippen LogP contribution in [0.15, 0.2) is 53.5 Å². The summed E-state index contributed by atoms with van der Waals surface area (Å²) >= 11 is 0. The maximum Gasteiger partial charge on any atom is 0.242 e. The quantitative estimate of drug-likeness (QED) is 0.324. The molecule has 0 saturated carbocycles. The maximum absolute atomic E-state index is 13.2. The van der Waals surface area contributed by atoms with Gasteiger partial charge >= 0.3 is 0 Å². The number of halogens is 2. The third-order valence-corrected chi connectivity index (χ3v) is 4.57. The summed E-state index contributed by atoms with van der Waals surface area (Å²) in [6.07, 6.45) is 0.746. The fraction of sp³-hybridized carbons (Fsp3) is 0.364. The number of likely N-dealkylation sites (N-methyl/N-ethyl adjacent to an activating group) is 1. The van der Waals surface area contributed by atoms with Crippen LogP contribution in [0.2, 0.25) is 0 Å². The molecule has 0 aliphatic rings. The lowest BCUT2D eigenvalue weighted by Crippen LogP contribution is -2.44. The first-order valence-corrected chi connectivity index (χ1v) is 9.54. The Labute approximate surface area is 189 Å². The molecule has 29 heavy (non-hydrogen) atoms. The summed E-state index contributed by atoms with van der Waals surface area (Å²) in [5, 5.41) is 6.26. The van der Waals surface area contributed by atoms with Crippen LogP contribution in [0.3, 0.4) is 0 Å². The predicted octanol–water partition coefficient (Wildman–Crippen LogP) is 3.51. The van der Waals surface area contributed by atoms with Gasteiger partial charge in [-0.2, -0.15) is 0 Å². The summed E-state index contributed by atoms with van der Waals surface area (Å²) in [5.41, 5.74) is 3.12. The van der Waals surface area contributed by atoms with Crippen molar-refractivity contribution < 1.29 is 9.18 Å². The fourth-order valence-electron chi connectivity index (χ4n) is 2.93. The molecular formula is C22H30FIN4O. The van der Waals surface area contributed by atoms with Crippen molar-refractivity contribution in [1.82, 2.24) is 15.5 Å². The lowest BCUT2D eigenvalue weighted by atomic mass is 10.1. The van der Waals surface area contributed by atoms with Gasteiger partial charge in [0, 0.05) is 26.7 Å². The van der Waals surface area contributed by atoms with Gasteiger partial charge < -0.3 is 15.5 Å². The number of nitrogens with one attached hydrogen (secondary N) is 2. The number of nitrogens with zero attached hydrogens (tertiary/aromatic N) is 2. The molecule has 0 unspecified atom stereocenters. The zero-order chi connectivity index (χ0) is 20.4. The standard InChI is InChI=1S/C22H29FN4O.HI/c1-4-27(16-18-8-6-5-7-9-18)21(28)15-26-22(24-3)25-13-12-19-10-11-20(23)14-17(19)2;/h5-11,14H,4,12-13,15-16H2,1-3H3,(H2,24,25,26);1H. The number of rotatable bonds is 8. The van der Waals surface area contributed by atoms with Crippen LogP contribution in [0.5, 0.6) is 0 Å². The Kier molecular flexibility index (Phi) is 11.3. The number of guanidine groups is 1. The summed E-state index contributed by atoms with van der Waals surface area (Å²) in [4.78, 5) is 18.5. The Bertz CT molecular complexity index is 799. The third-order valence-electron chi connectivity index (χ3n) is 4.57. The van der Waals surface area contributed by atoms with Crippen LogP contribution >= 0.6 is 24.0 Å². The summed E-state index contributed by atoms with van der Waals surface area (Å²) in [6, 6.07) is 14.7. The van der Waals surface area contributed by atoms with E-state index in [4.69, 9.17) is 0 Å². The molecule has 0 saturated heterocycles. The molecule has 7 heteroatoms. The number of carbonyl (C=O) groups is 1. The van der Waals surface area contributed by atoms with Crippen molar-refractivity contribution in [3.8, 4) is 0 Å². The number of carbonyl (C=O) groups excluding carboxylic acids is 1. The van der Waals surface area contributed by atoms with Gasteiger partial charge in [-0.25, -0.2) is 4.39 Å². The number of aliphatic imine (C=N–C) groups is 1. The molecule has 5 nitrogen and oxygen atoms in total. The van der Waals surface area contributed by atoms with Gasteiger partial charge in [0.15, 0.2) is 5.96 Å². The molecular weight excluding hydrogens is 482 g/mol. The fourth-order valence-corrected chi connectivity index (χ4v) is 2.93. The molecule has 0 aromatic heterocycles. The van der Waals surface area contributed by atoms with Crippen LogP contribution in [0.4, 0.5) is 4.39 Å². The lowest BCUT2D eigenvalue weighted by Gasteiger charge is -2.22. The van der Waals surface area contributed by atoms with E-state index in [-0.39, 0.29) is 42.2 Å². The Morgan fingerprint density at radius 2 is 1.86 bits per heavy atom. The molecule has 2 aromatic carbocycles. The van der Waals surface area contributed by atoms with Crippen LogP contribution < -0.4 is 10.6 Å². The van der Waals surface area contributed by atoms with Crippen LogP contribution in [0.1, 0.15) is 23.6 Å². The Balaban J connectivity index is 0.00000420. The summed E-state index contributed by atoms with van der Waals surface area (Å²) in [5.74, 6) is 0.369. The highest BCUT2D eigenvalue weighted by Crippen LogP contribution is 2.10. The van der Waals surface area contributed by atoms with E-state index in [0.29, 0.717) is 25.6 Å². The number of benzene rings is 2. The highest BCUT2D eigenvalue weighted by molar-refractivity contribution is 14.0. The molecule has 158 valence electrons. The highest BCUT2D eigenvalue weighted by Gasteiger charge is 2.12. The van der Waals surface area contributed by atoms with E-state index in [1.165, 1.54) is 12.1 Å². The van der Waals surface area contributed by atoms with Gasteiger partial charge in [-0.3, -0.25) is 9.79 Å². The molecule has 0 bridgehead atoms. The molecule has 2 N–H and O–H groups in total. The van der Waals surface area contributed by atoms with Crippen molar-refractivity contribution in [3.63, 3.8) is 0 Å². The van der Waals surface area contributed by atoms with E-state index in [9.17, 15) is 9.18 Å². The zero-order valence-corrected chi connectivity index (χ0v) is 19.6. The number of aryl methyl sites for hydroxylation is 1. The van der Waals surface area contributed by atoms with E-state index in [0.717, 1.165) is 23.1 Å². The van der Waals surface area contributed by atoms with Crippen LogP contribution in [-0.4, -0.2) is 43.4 Å². The van der Waals surface area contributed by atoms with Gasteiger partial charge in [0.25, 0.3) is 0 Å². The highest BCUT2D eigenvalue weighted by atomic mass is 127. The first-order valence-electron chi connectivity index (χ1n) is 9.54. The minimum atomic E-state index is -0.221. The molecule has 0 heterocycles. The van der Waals surface area contributed by atoms with Crippen LogP contribution in [0, 0.1) is 12.7 Å². The van der Waals surface area contributed by atoms with Crippen molar-refractivity contribution >= 4 is 35.8 Å². The van der Waals surface area contributed by atoms with Crippen molar-refractivity contribution in [2.75, 3.05) is 26.7 Å². The second-order valence-corrected chi connectivity index (χ2v) is 6.57. The number of hydrogen-bond donors (Lipinski definition) is 2. The maximum atomic E-state index is 13.2. The van der Waals surface area contributed by atoms with E-state index in [1.54, 1.807) is 18.0 Å². The molecule has 0 spiro atoms. The van der Waals surface area contributed by atoms with Gasteiger partial charge in [-0.15, -0.1) is 24.0 Å². The first kappa shape index (κ1) is 24.9. The Morgan fingerprint density at radius 1 is 1.14 bits per heavy atom. The normalized spacial score (nSPS) is 10.8. The van der Waals surface area contributed by atoms with Crippen molar-refractivity contribution in [3.05, 3.63) is 71.0 Å². The van der Waals surface area contributed by atoms with Gasteiger partial charge in [-0.1, -0.05) is 36.4 Å². The van der Waals surface area contributed by atoms with Crippen LogP contribution in [0.25, 0.3) is 0 Å². The SMILES string of the molecule is CCN(Cc1ccccc1)C(=O)CNC(=NC)NCCc1ccc(F)cc1C.I. The third kappa shape index (κ3) is 8.39. The topological polar surface area (TPSA) is 56.7 Å². The molecule has 0 atom stereocenters. The number of hydrogen-bond acceptors (Lipinski definition) is 2. The minimum absolute atomic E-state index is 0. The Morgan fingerprint density at radius 3 is 2.48 bits per heavy atom. The molecule has 0 fully saturated rings. The first-order chi connectivity index (χ1) is 13.5. The molecule has 0 radical (unpaired) electrons. The molecule has 2 rings (SSSR count). The number of amides is 1. The smallest absolute Gasteiger partial charge is 0.242 e. The molecule has 2 aromatic rings. The second-order valence-electron chi connectivity index (χ2n) is 6.57. The van der Waals surface area contributed by atoms with E-state index in [1.807, 2.05) is 44.2 Å². The largest absolute Gasteiger partial charge is 0.356 e. The van der Waals surface area contributed by atoms with E-state index >= 15 is 0 Å². The predicted molar refractivity (Wildman–Crippen MR) is 127 cm³/mol. The second kappa shape index (κ2) is 13.1. The average Bonchev–Trinajstić information content (AvgIpc) is 2.70. The Hall–Kier alpha value is -2.16. The minimum Gasteiger partial charge on any atom is -0.356 e. The van der Waals surface area contributed by atoms with Crippen molar-refractivity contribution in [2.45, 2.75) is 26.8 Å². The van der Waals surface area contributed by atoms with Crippen molar-refractivity contribution in [1.29, 1.82) is 0 Å². The zero-order valence-electron chi connectivity index (χ0n) is 17.2. The van der Waals surface area contributed by atoms with Crippen molar-refractivity contribution in [2.24, 2.45) is 4.99 Å². The van der Waals surface area contributed by atoms with Gasteiger partial charge in [0.1, 0.15) is 5.82 Å². The van der Waals surface area contributed by atoms with E-state index < -0.39 is 0 Å². The van der Waals surface area contributed by atoms with Crippen LogP contribution in [-0.2, 0) is 17.8 Å². The monoisotopic (exact) mass is 512 g/mol. The van der Waals surface area contributed by atoms with Gasteiger partial charge in [0.2, 0.25) is 5.91 Å². The van der Waals surface area contributed by atoms with Gasteiger partial charge in [0.05, 0.1) is 6.54 Å². The lowest BCUT2D eigenvalue weighted by molar-refractivity contribution is -0.130. The summed E-state index contributed by atoms with van der Waals surface area (Å²) in [6.45, 7) is 5.92. The molecule has 0 aliphatic heterocycles. The summed E-state index contributed by atoms with van der Waals surface area (Å²) in [7, 11) is 1.67. The molecule has 0 aliphatic carbocycles. The average molecular weight is 512 g/mol. The summed E-state index contributed by atoms with van der Waals surface area (Å²) < 4.78 is 13.2. The van der Waals surface area contributed by atoms with E-state index in [2.05, 4.69) is 15.6 Å². The van der Waals surface area contributed by atoms with Gasteiger partial charge in [-0.05, 0) is 49.1 Å². The molecule has 1 amide bonds.